The normalized spacial score (nSPS) is 13.4. The Hall–Kier alpha value is -0.530. The van der Waals surface area contributed by atoms with Crippen LogP contribution in [-0.2, 0) is 0 Å². The molecular formula is C9H7Br2F2N3. The Kier molecular flexibility index (Phi) is 3.02. The minimum absolute atomic E-state index is 0.00801. The van der Waals surface area contributed by atoms with Crippen LogP contribution in [0.15, 0.2) is 8.95 Å². The van der Waals surface area contributed by atoms with E-state index in [1.165, 1.54) is 0 Å². The maximum atomic E-state index is 13.4. The average Bonchev–Trinajstić information content (AvgIpc) is 2.68. The molecule has 0 saturated heterocycles. The molecule has 0 radical (unpaired) electrons. The number of hydrogen-bond acceptors (Lipinski definition) is 2. The molecule has 86 valence electrons. The van der Waals surface area contributed by atoms with Gasteiger partial charge < -0.3 is 10.7 Å². The number of nitrogens with two attached hydrogens (primary N) is 1. The molecule has 1 atom stereocenters. The quantitative estimate of drug-likeness (QED) is 0.609. The van der Waals surface area contributed by atoms with Crippen molar-refractivity contribution in [3.63, 3.8) is 0 Å². The predicted octanol–water partition coefficient (Wildman–Crippen LogP) is 3.39. The number of hydrogen-bond donors (Lipinski definition) is 2. The summed E-state index contributed by atoms with van der Waals surface area (Å²) in [6.07, 6.45) is 0. The number of nitrogens with zero attached hydrogens (tertiary/aromatic N) is 1. The molecule has 1 aromatic carbocycles. The predicted molar refractivity (Wildman–Crippen MR) is 64.0 cm³/mol. The second-order valence-electron chi connectivity index (χ2n) is 3.39. The molecule has 0 aliphatic heterocycles. The monoisotopic (exact) mass is 353 g/mol. The van der Waals surface area contributed by atoms with E-state index in [2.05, 4.69) is 41.8 Å². The van der Waals surface area contributed by atoms with Gasteiger partial charge in [0.15, 0.2) is 11.6 Å². The van der Waals surface area contributed by atoms with Gasteiger partial charge in [-0.1, -0.05) is 0 Å². The highest BCUT2D eigenvalue weighted by Gasteiger charge is 2.20. The summed E-state index contributed by atoms with van der Waals surface area (Å²) in [5.74, 6) is -1.46. The Labute approximate surface area is 107 Å². The van der Waals surface area contributed by atoms with Crippen LogP contribution in [0.4, 0.5) is 8.78 Å². The summed E-state index contributed by atoms with van der Waals surface area (Å²) >= 11 is 5.95. The van der Waals surface area contributed by atoms with Crippen molar-refractivity contribution < 1.29 is 8.78 Å². The first-order valence-electron chi connectivity index (χ1n) is 4.40. The van der Waals surface area contributed by atoms with Crippen molar-refractivity contribution in [1.29, 1.82) is 0 Å². The van der Waals surface area contributed by atoms with Gasteiger partial charge in [-0.3, -0.25) is 0 Å². The van der Waals surface area contributed by atoms with E-state index in [0.717, 1.165) is 0 Å². The minimum atomic E-state index is -0.970. The molecule has 2 aromatic rings. The average molecular weight is 355 g/mol. The fourth-order valence-electron chi connectivity index (χ4n) is 1.33. The number of rotatable bonds is 1. The van der Waals surface area contributed by atoms with E-state index < -0.39 is 11.6 Å². The second-order valence-corrected chi connectivity index (χ2v) is 4.98. The third kappa shape index (κ3) is 1.66. The van der Waals surface area contributed by atoms with Crippen LogP contribution >= 0.6 is 31.9 Å². The summed E-state index contributed by atoms with van der Waals surface area (Å²) in [6, 6.07) is -0.336. The lowest BCUT2D eigenvalue weighted by Gasteiger charge is -2.00. The van der Waals surface area contributed by atoms with Gasteiger partial charge in [0.05, 0.1) is 20.5 Å². The van der Waals surface area contributed by atoms with E-state index in [0.29, 0.717) is 16.9 Å². The van der Waals surface area contributed by atoms with Crippen molar-refractivity contribution >= 4 is 42.9 Å². The third-order valence-electron chi connectivity index (χ3n) is 2.16. The highest BCUT2D eigenvalue weighted by Crippen LogP contribution is 2.34. The lowest BCUT2D eigenvalue weighted by Crippen LogP contribution is -2.06. The van der Waals surface area contributed by atoms with E-state index in [1.807, 2.05) is 0 Å². The summed E-state index contributed by atoms with van der Waals surface area (Å²) in [7, 11) is 0. The fraction of sp³-hybridized carbons (Fsp3) is 0.222. The van der Waals surface area contributed by atoms with Gasteiger partial charge in [-0.05, 0) is 38.8 Å². The van der Waals surface area contributed by atoms with Gasteiger partial charge in [-0.25, -0.2) is 13.8 Å². The summed E-state index contributed by atoms with van der Waals surface area (Å²) in [6.45, 7) is 1.73. The van der Waals surface area contributed by atoms with E-state index >= 15 is 0 Å². The van der Waals surface area contributed by atoms with E-state index in [1.54, 1.807) is 6.92 Å². The van der Waals surface area contributed by atoms with Crippen LogP contribution in [-0.4, -0.2) is 9.97 Å². The van der Waals surface area contributed by atoms with Gasteiger partial charge >= 0.3 is 0 Å². The zero-order valence-corrected chi connectivity index (χ0v) is 11.3. The van der Waals surface area contributed by atoms with Gasteiger partial charge in [0.1, 0.15) is 11.3 Å². The molecule has 16 heavy (non-hydrogen) atoms. The van der Waals surface area contributed by atoms with Crippen LogP contribution in [0, 0.1) is 11.6 Å². The van der Waals surface area contributed by atoms with Crippen molar-refractivity contribution in [2.45, 2.75) is 13.0 Å². The molecule has 0 amide bonds. The summed E-state index contributed by atoms with van der Waals surface area (Å²) in [4.78, 5) is 6.96. The number of aromatic amines is 1. The number of halogens is 4. The highest BCUT2D eigenvalue weighted by atomic mass is 79.9. The number of benzene rings is 1. The minimum Gasteiger partial charge on any atom is -0.340 e. The van der Waals surface area contributed by atoms with Crippen molar-refractivity contribution in [1.82, 2.24) is 9.97 Å². The van der Waals surface area contributed by atoms with E-state index in [9.17, 15) is 8.78 Å². The maximum absolute atomic E-state index is 13.4. The largest absolute Gasteiger partial charge is 0.340 e. The smallest absolute Gasteiger partial charge is 0.176 e. The number of aromatic nitrogens is 2. The topological polar surface area (TPSA) is 54.7 Å². The lowest BCUT2D eigenvalue weighted by atomic mass is 10.3. The van der Waals surface area contributed by atoms with E-state index in [-0.39, 0.29) is 15.0 Å². The van der Waals surface area contributed by atoms with Crippen LogP contribution in [0.3, 0.4) is 0 Å². The first kappa shape index (κ1) is 11.9. The molecule has 2 rings (SSSR count). The number of imidazole rings is 1. The van der Waals surface area contributed by atoms with Gasteiger partial charge in [0, 0.05) is 0 Å². The zero-order chi connectivity index (χ0) is 12.0. The highest BCUT2D eigenvalue weighted by molar-refractivity contribution is 9.11. The van der Waals surface area contributed by atoms with Crippen molar-refractivity contribution in [3.8, 4) is 0 Å². The van der Waals surface area contributed by atoms with Crippen molar-refractivity contribution in [3.05, 3.63) is 26.4 Å². The Balaban J connectivity index is 2.86. The van der Waals surface area contributed by atoms with Gasteiger partial charge in [0.25, 0.3) is 0 Å². The SMILES string of the molecule is CC(N)c1nc2c(Br)c(F)c(F)c(Br)c2[nH]1. The van der Waals surface area contributed by atoms with Crippen LogP contribution in [0.2, 0.25) is 0 Å². The first-order chi connectivity index (χ1) is 7.43. The molecule has 0 aliphatic rings. The third-order valence-corrected chi connectivity index (χ3v) is 3.63. The molecule has 0 spiro atoms. The molecule has 7 heteroatoms. The maximum Gasteiger partial charge on any atom is 0.176 e. The zero-order valence-electron chi connectivity index (χ0n) is 8.11. The molecule has 3 N–H and O–H groups in total. The molecule has 0 fully saturated rings. The second kappa shape index (κ2) is 4.05. The molecule has 0 aliphatic carbocycles. The Morgan fingerprint density at radius 3 is 2.38 bits per heavy atom. The first-order valence-corrected chi connectivity index (χ1v) is 5.99. The number of fused-ring (bicyclic) bond motifs is 1. The molecule has 1 aromatic heterocycles. The van der Waals surface area contributed by atoms with E-state index in [4.69, 9.17) is 5.73 Å². The lowest BCUT2D eigenvalue weighted by molar-refractivity contribution is 0.502. The van der Waals surface area contributed by atoms with Gasteiger partial charge in [-0.15, -0.1) is 0 Å². The Morgan fingerprint density at radius 2 is 1.81 bits per heavy atom. The number of nitrogens with one attached hydrogen (secondary N) is 1. The van der Waals surface area contributed by atoms with Crippen LogP contribution in [0.1, 0.15) is 18.8 Å². The summed E-state index contributed by atoms with van der Waals surface area (Å²) in [5.41, 5.74) is 6.35. The molecule has 1 heterocycles. The standard InChI is InChI=1S/C9H7Br2F2N3/c1-2(14)9-15-7-3(10)5(12)6(13)4(11)8(7)16-9/h2H,14H2,1H3,(H,15,16). The Morgan fingerprint density at radius 1 is 1.25 bits per heavy atom. The van der Waals surface area contributed by atoms with Crippen LogP contribution in [0.25, 0.3) is 11.0 Å². The molecule has 3 nitrogen and oxygen atoms in total. The van der Waals surface area contributed by atoms with Gasteiger partial charge in [0.2, 0.25) is 0 Å². The summed E-state index contributed by atoms with van der Waals surface area (Å²) < 4.78 is 26.8. The molecule has 1 unspecified atom stereocenters. The van der Waals surface area contributed by atoms with Crippen molar-refractivity contribution in [2.24, 2.45) is 5.73 Å². The Bertz CT molecular complexity index is 521. The van der Waals surface area contributed by atoms with Crippen LogP contribution < -0.4 is 5.73 Å². The van der Waals surface area contributed by atoms with Crippen LogP contribution in [0.5, 0.6) is 0 Å². The van der Waals surface area contributed by atoms with Gasteiger partial charge in [-0.2, -0.15) is 0 Å². The number of H-pyrrole nitrogens is 1. The molecule has 0 bridgehead atoms. The molecule has 0 saturated carbocycles. The fourth-order valence-corrected chi connectivity index (χ4v) is 2.25. The molecular weight excluding hydrogens is 348 g/mol. The van der Waals surface area contributed by atoms with Crippen molar-refractivity contribution in [2.75, 3.05) is 0 Å². The summed E-state index contributed by atoms with van der Waals surface area (Å²) in [5, 5.41) is 0.